The topological polar surface area (TPSA) is 64.6 Å². The molecule has 0 aromatic heterocycles. The Balaban J connectivity index is -0.0000000507. The molecule has 272 valence electrons. The van der Waals surface area contributed by atoms with Gasteiger partial charge in [-0.05, 0) is 19.9 Å². The second kappa shape index (κ2) is 97.0. The van der Waals surface area contributed by atoms with Crippen molar-refractivity contribution in [1.82, 2.24) is 0 Å². The van der Waals surface area contributed by atoms with Crippen molar-refractivity contribution in [2.24, 2.45) is 0 Å². The van der Waals surface area contributed by atoms with Gasteiger partial charge in [0.05, 0.1) is 85.0 Å². The van der Waals surface area contributed by atoms with Crippen molar-refractivity contribution in [3.8, 4) is 0 Å². The Kier molecular flexibility index (Phi) is 143. The van der Waals surface area contributed by atoms with E-state index in [1.165, 1.54) is 0 Å². The molecule has 2 atom stereocenters. The average molecular weight is 639 g/mol. The molecule has 0 radical (unpaired) electrons. The summed E-state index contributed by atoms with van der Waals surface area (Å²) in [7, 11) is 3.27. The third-order valence-corrected chi connectivity index (χ3v) is 3.13. The SMILES string of the molecule is C=CCOCC(C)OCC=C.C=CCOCCOCC=C.CC.CC.CC.CC.CC.CC.CO/C=C/COCC(C)OC. The van der Waals surface area contributed by atoms with E-state index in [-0.39, 0.29) is 12.2 Å². The first-order chi connectivity index (χ1) is 21.5. The summed E-state index contributed by atoms with van der Waals surface area (Å²) in [5, 5.41) is 0. The molecule has 44 heavy (non-hydrogen) atoms. The summed E-state index contributed by atoms with van der Waals surface area (Å²) in [6.45, 7) is 47.4. The highest BCUT2D eigenvalue weighted by Crippen LogP contribution is 1.91. The fourth-order valence-corrected chi connectivity index (χ4v) is 1.55. The van der Waals surface area contributed by atoms with Gasteiger partial charge in [0.15, 0.2) is 0 Å². The van der Waals surface area contributed by atoms with Crippen LogP contribution in [-0.4, -0.2) is 85.9 Å². The van der Waals surface area contributed by atoms with Crippen molar-refractivity contribution in [1.29, 1.82) is 0 Å². The van der Waals surface area contributed by atoms with Crippen LogP contribution in [0.2, 0.25) is 0 Å². The van der Waals surface area contributed by atoms with E-state index in [9.17, 15) is 0 Å². The zero-order chi connectivity index (χ0) is 36.7. The van der Waals surface area contributed by atoms with Gasteiger partial charge in [0, 0.05) is 7.11 Å². The molecule has 0 aromatic rings. The lowest BCUT2D eigenvalue weighted by Gasteiger charge is -2.10. The molecule has 2 unspecified atom stereocenters. The van der Waals surface area contributed by atoms with Crippen LogP contribution in [-0.2, 0) is 33.2 Å². The van der Waals surface area contributed by atoms with Gasteiger partial charge < -0.3 is 33.2 Å². The summed E-state index contributed by atoms with van der Waals surface area (Å²) in [5.74, 6) is 0. The van der Waals surface area contributed by atoms with Crippen LogP contribution in [0.4, 0.5) is 0 Å². The van der Waals surface area contributed by atoms with E-state index in [1.807, 2.05) is 103 Å². The molecule has 0 amide bonds. The van der Waals surface area contributed by atoms with E-state index in [0.717, 1.165) is 0 Å². The van der Waals surface area contributed by atoms with E-state index < -0.39 is 0 Å². The van der Waals surface area contributed by atoms with Crippen LogP contribution in [0, 0.1) is 0 Å². The molecule has 0 spiro atoms. The van der Waals surface area contributed by atoms with Gasteiger partial charge in [-0.15, -0.1) is 26.3 Å². The van der Waals surface area contributed by atoms with Crippen LogP contribution in [0.3, 0.4) is 0 Å². The smallest absolute Gasteiger partial charge is 0.0807 e. The van der Waals surface area contributed by atoms with Crippen molar-refractivity contribution in [3.63, 3.8) is 0 Å². The molecule has 7 nitrogen and oxygen atoms in total. The third-order valence-electron chi connectivity index (χ3n) is 3.13. The minimum atomic E-state index is 0.132. The van der Waals surface area contributed by atoms with Gasteiger partial charge in [0.2, 0.25) is 0 Å². The van der Waals surface area contributed by atoms with E-state index in [2.05, 4.69) is 31.1 Å². The van der Waals surface area contributed by atoms with Crippen LogP contribution >= 0.6 is 0 Å². The van der Waals surface area contributed by atoms with E-state index in [1.54, 1.807) is 44.8 Å². The summed E-state index contributed by atoms with van der Waals surface area (Å²) >= 11 is 0. The van der Waals surface area contributed by atoms with Gasteiger partial charge in [0.1, 0.15) is 0 Å². The monoisotopic (exact) mass is 639 g/mol. The molecule has 0 N–H and O–H groups in total. The van der Waals surface area contributed by atoms with Crippen LogP contribution in [0.15, 0.2) is 63.0 Å². The summed E-state index contributed by atoms with van der Waals surface area (Å²) < 4.78 is 35.4. The van der Waals surface area contributed by atoms with Gasteiger partial charge in [-0.3, -0.25) is 0 Å². The zero-order valence-electron chi connectivity index (χ0n) is 32.7. The van der Waals surface area contributed by atoms with Gasteiger partial charge in [-0.1, -0.05) is 107 Å². The quantitative estimate of drug-likeness (QED) is 0.0747. The predicted octanol–water partition coefficient (Wildman–Crippen LogP) is 10.5. The van der Waals surface area contributed by atoms with Crippen molar-refractivity contribution >= 4 is 0 Å². The van der Waals surface area contributed by atoms with Crippen LogP contribution in [0.1, 0.15) is 96.9 Å². The minimum Gasteiger partial charge on any atom is -0.505 e. The first-order valence-corrected chi connectivity index (χ1v) is 16.6. The molecule has 0 aliphatic carbocycles. The minimum absolute atomic E-state index is 0.132. The van der Waals surface area contributed by atoms with Gasteiger partial charge >= 0.3 is 0 Å². The molecule has 0 rings (SSSR count). The summed E-state index contributed by atoms with van der Waals surface area (Å²) in [6, 6.07) is 0. The Labute approximate surface area is 278 Å². The fraction of sp³-hybridized carbons (Fsp3) is 0.730. The molecule has 0 fully saturated rings. The maximum Gasteiger partial charge on any atom is 0.0807 e. The maximum atomic E-state index is 5.26. The van der Waals surface area contributed by atoms with Crippen LogP contribution < -0.4 is 0 Å². The molecule has 0 aromatic carbocycles. The van der Waals surface area contributed by atoms with E-state index >= 15 is 0 Å². The highest BCUT2D eigenvalue weighted by Gasteiger charge is 1.98. The number of methoxy groups -OCH3 is 2. The first-order valence-electron chi connectivity index (χ1n) is 16.6. The molecular weight excluding hydrogens is 556 g/mol. The highest BCUT2D eigenvalue weighted by atomic mass is 16.5. The number of ether oxygens (including phenoxy) is 7. The number of rotatable bonds is 20. The summed E-state index contributed by atoms with van der Waals surface area (Å²) in [5.41, 5.74) is 0. The summed E-state index contributed by atoms with van der Waals surface area (Å²) in [4.78, 5) is 0. The Hall–Kier alpha value is -1.74. The lowest BCUT2D eigenvalue weighted by molar-refractivity contribution is 0.0129. The van der Waals surface area contributed by atoms with Crippen LogP contribution in [0.5, 0.6) is 0 Å². The molecule has 7 heteroatoms. The van der Waals surface area contributed by atoms with Crippen molar-refractivity contribution < 1.29 is 33.2 Å². The number of hydrogen-bond donors (Lipinski definition) is 0. The Morgan fingerprint density at radius 3 is 1.16 bits per heavy atom. The van der Waals surface area contributed by atoms with Gasteiger partial charge in [-0.25, -0.2) is 0 Å². The normalized spacial score (nSPS) is 9.45. The van der Waals surface area contributed by atoms with Crippen molar-refractivity contribution in [2.75, 3.05) is 73.7 Å². The van der Waals surface area contributed by atoms with E-state index in [0.29, 0.717) is 59.5 Å². The van der Waals surface area contributed by atoms with E-state index in [4.69, 9.17) is 28.4 Å². The second-order valence-electron chi connectivity index (χ2n) is 6.18. The van der Waals surface area contributed by atoms with Crippen molar-refractivity contribution in [2.45, 2.75) is 109 Å². The predicted molar refractivity (Wildman–Crippen MR) is 200 cm³/mol. The first kappa shape index (κ1) is 65.0. The van der Waals surface area contributed by atoms with Gasteiger partial charge in [0.25, 0.3) is 0 Å². The lowest BCUT2D eigenvalue weighted by atomic mass is 10.4. The molecule has 0 aliphatic rings. The van der Waals surface area contributed by atoms with Crippen LogP contribution in [0.25, 0.3) is 0 Å². The maximum absolute atomic E-state index is 5.26. The molecule has 0 aliphatic heterocycles. The third kappa shape index (κ3) is 115. The molecule has 0 saturated heterocycles. The highest BCUT2D eigenvalue weighted by molar-refractivity contribution is 4.72. The fourth-order valence-electron chi connectivity index (χ4n) is 1.55. The molecule has 0 bridgehead atoms. The average Bonchev–Trinajstić information content (AvgIpc) is 3.11. The Bertz CT molecular complexity index is 416. The Morgan fingerprint density at radius 1 is 0.477 bits per heavy atom. The molecule has 0 heterocycles. The van der Waals surface area contributed by atoms with Crippen molar-refractivity contribution in [3.05, 3.63) is 63.0 Å². The lowest BCUT2D eigenvalue weighted by Crippen LogP contribution is -2.15. The zero-order valence-corrected chi connectivity index (χ0v) is 32.7. The summed E-state index contributed by atoms with van der Waals surface area (Å²) in [6.07, 6.45) is 10.6. The standard InChI is InChI=1S/C9H16O2.C8H16O3.C8H14O2.6C2H6/c1-4-6-10-8-9(3)11-7-5-2;1-8(10-3)7-11-6-4-5-9-2;1-3-5-9-7-8-10-6-4-2;6*1-2/h4-5,9H,1-2,6-8H2,3H3;4-5,8H,6-7H2,1-3H3;3-4H,1-2,5-8H2;6*1-2H3/b;5-4+;;;;;;;. The molecule has 0 saturated carbocycles. The molecular formula is C37H82O7. The van der Waals surface area contributed by atoms with Gasteiger partial charge in [-0.2, -0.15) is 0 Å². The largest absolute Gasteiger partial charge is 0.505 e. The number of hydrogen-bond acceptors (Lipinski definition) is 7. The Morgan fingerprint density at radius 2 is 0.818 bits per heavy atom. The second-order valence-corrected chi connectivity index (χ2v) is 6.18.